The van der Waals surface area contributed by atoms with Gasteiger partial charge in [-0.1, -0.05) is 6.07 Å². The number of nitrogens with zero attached hydrogens (tertiary/aromatic N) is 1. The highest BCUT2D eigenvalue weighted by molar-refractivity contribution is 6.17. The van der Waals surface area contributed by atoms with Crippen molar-refractivity contribution < 1.29 is 13.5 Å². The highest BCUT2D eigenvalue weighted by Gasteiger charge is 2.10. The summed E-state index contributed by atoms with van der Waals surface area (Å²) < 4.78 is 31.5. The lowest BCUT2D eigenvalue weighted by molar-refractivity contribution is 0.419. The van der Waals surface area contributed by atoms with Gasteiger partial charge >= 0.3 is 0 Å². The van der Waals surface area contributed by atoms with E-state index in [0.717, 1.165) is 18.2 Å². The van der Waals surface area contributed by atoms with Gasteiger partial charge in [0, 0.05) is 17.8 Å². The third-order valence-electron chi connectivity index (χ3n) is 2.09. The zero-order valence-electron chi connectivity index (χ0n) is 8.66. The molecule has 0 bridgehead atoms. The lowest BCUT2D eigenvalue weighted by Gasteiger charge is -2.08. The van der Waals surface area contributed by atoms with E-state index in [0.29, 0.717) is 5.56 Å². The Morgan fingerprint density at radius 1 is 1.24 bits per heavy atom. The van der Waals surface area contributed by atoms with Crippen LogP contribution in [0, 0.1) is 11.6 Å². The van der Waals surface area contributed by atoms with E-state index < -0.39 is 11.6 Å². The van der Waals surface area contributed by atoms with Crippen LogP contribution in [0.15, 0.2) is 36.5 Å². The van der Waals surface area contributed by atoms with E-state index in [1.807, 2.05) is 0 Å². The molecular formula is C12H8ClF2NO. The molecule has 0 spiro atoms. The monoisotopic (exact) mass is 255 g/mol. The number of hydrogen-bond acceptors (Lipinski definition) is 2. The number of rotatable bonds is 3. The van der Waals surface area contributed by atoms with Gasteiger partial charge in [0.15, 0.2) is 11.6 Å². The molecule has 0 saturated heterocycles. The number of aromatic nitrogens is 1. The molecule has 0 unspecified atom stereocenters. The van der Waals surface area contributed by atoms with Gasteiger partial charge in [0.05, 0.1) is 5.88 Å². The normalized spacial score (nSPS) is 10.3. The maximum Gasteiger partial charge on any atom is 0.223 e. The molecule has 2 aromatic rings. The number of benzene rings is 1. The summed E-state index contributed by atoms with van der Waals surface area (Å²) in [5.41, 5.74) is 0.609. The van der Waals surface area contributed by atoms with Crippen molar-refractivity contribution >= 4 is 11.6 Å². The zero-order valence-corrected chi connectivity index (χ0v) is 9.42. The molecule has 1 aromatic heterocycles. The van der Waals surface area contributed by atoms with Gasteiger partial charge in [0.1, 0.15) is 5.82 Å². The van der Waals surface area contributed by atoms with Crippen LogP contribution in [0.3, 0.4) is 0 Å². The van der Waals surface area contributed by atoms with Gasteiger partial charge in [-0.05, 0) is 18.2 Å². The second-order valence-electron chi connectivity index (χ2n) is 3.28. The Labute approximate surface area is 102 Å². The average Bonchev–Trinajstić information content (AvgIpc) is 2.34. The summed E-state index contributed by atoms with van der Waals surface area (Å²) in [5.74, 6) is -1.09. The molecule has 1 heterocycles. The van der Waals surface area contributed by atoms with Crippen LogP contribution in [0.25, 0.3) is 0 Å². The first-order valence-electron chi connectivity index (χ1n) is 4.83. The number of pyridine rings is 1. The molecule has 0 aliphatic heterocycles. The maximum absolute atomic E-state index is 13.3. The van der Waals surface area contributed by atoms with Crippen molar-refractivity contribution in [3.05, 3.63) is 53.7 Å². The van der Waals surface area contributed by atoms with Crippen LogP contribution in [0.5, 0.6) is 11.6 Å². The SMILES string of the molecule is Fc1ccc(F)c(Oc2ncccc2CCl)c1. The van der Waals surface area contributed by atoms with E-state index in [1.165, 1.54) is 6.20 Å². The van der Waals surface area contributed by atoms with E-state index in [1.54, 1.807) is 12.1 Å². The van der Waals surface area contributed by atoms with Crippen LogP contribution in [0.2, 0.25) is 0 Å². The molecule has 0 amide bonds. The fraction of sp³-hybridized carbons (Fsp3) is 0.0833. The molecule has 2 nitrogen and oxygen atoms in total. The minimum Gasteiger partial charge on any atom is -0.436 e. The van der Waals surface area contributed by atoms with Crippen LogP contribution >= 0.6 is 11.6 Å². The Hall–Kier alpha value is -1.68. The molecule has 0 radical (unpaired) electrons. The van der Waals surface area contributed by atoms with Crippen LogP contribution in [0.4, 0.5) is 8.78 Å². The Bertz CT molecular complexity index is 534. The summed E-state index contributed by atoms with van der Waals surface area (Å²) in [6.45, 7) is 0. The molecule has 2 rings (SSSR count). The molecule has 0 atom stereocenters. The Morgan fingerprint density at radius 3 is 2.82 bits per heavy atom. The quantitative estimate of drug-likeness (QED) is 0.776. The van der Waals surface area contributed by atoms with Crippen LogP contribution in [-0.2, 0) is 5.88 Å². The van der Waals surface area contributed by atoms with Gasteiger partial charge in [-0.25, -0.2) is 13.8 Å². The highest BCUT2D eigenvalue weighted by Crippen LogP contribution is 2.26. The molecule has 0 aliphatic carbocycles. The van der Waals surface area contributed by atoms with Crippen LogP contribution in [-0.4, -0.2) is 4.98 Å². The summed E-state index contributed by atoms with van der Waals surface area (Å²) in [6, 6.07) is 6.36. The van der Waals surface area contributed by atoms with E-state index >= 15 is 0 Å². The van der Waals surface area contributed by atoms with Crippen LogP contribution in [0.1, 0.15) is 5.56 Å². The number of hydrogen-bond donors (Lipinski definition) is 0. The van der Waals surface area contributed by atoms with Crippen molar-refractivity contribution in [2.75, 3.05) is 0 Å². The smallest absolute Gasteiger partial charge is 0.223 e. The molecular weight excluding hydrogens is 248 g/mol. The highest BCUT2D eigenvalue weighted by atomic mass is 35.5. The summed E-state index contributed by atoms with van der Waals surface area (Å²) in [7, 11) is 0. The molecule has 5 heteroatoms. The van der Waals surface area contributed by atoms with E-state index in [4.69, 9.17) is 16.3 Å². The van der Waals surface area contributed by atoms with Crippen molar-refractivity contribution in [3.8, 4) is 11.6 Å². The molecule has 88 valence electrons. The molecule has 1 aromatic carbocycles. The Kier molecular flexibility index (Phi) is 3.54. The first kappa shape index (κ1) is 11.8. The zero-order chi connectivity index (χ0) is 12.3. The first-order valence-corrected chi connectivity index (χ1v) is 5.37. The van der Waals surface area contributed by atoms with Gasteiger partial charge in [-0.2, -0.15) is 0 Å². The minimum atomic E-state index is -0.655. The van der Waals surface area contributed by atoms with Crippen molar-refractivity contribution in [2.45, 2.75) is 5.88 Å². The molecule has 0 N–H and O–H groups in total. The lowest BCUT2D eigenvalue weighted by Crippen LogP contribution is -1.95. The van der Waals surface area contributed by atoms with Crippen molar-refractivity contribution in [3.63, 3.8) is 0 Å². The fourth-order valence-corrected chi connectivity index (χ4v) is 1.48. The van der Waals surface area contributed by atoms with Crippen LogP contribution < -0.4 is 4.74 Å². The average molecular weight is 256 g/mol. The van der Waals surface area contributed by atoms with Crippen molar-refractivity contribution in [1.82, 2.24) is 4.98 Å². The first-order chi connectivity index (χ1) is 8.20. The predicted molar refractivity (Wildman–Crippen MR) is 60.2 cm³/mol. The number of ether oxygens (including phenoxy) is 1. The maximum atomic E-state index is 13.3. The van der Waals surface area contributed by atoms with Gasteiger partial charge in [0.25, 0.3) is 0 Å². The molecule has 0 fully saturated rings. The number of alkyl halides is 1. The van der Waals surface area contributed by atoms with E-state index in [9.17, 15) is 8.78 Å². The molecule has 0 saturated carbocycles. The second-order valence-corrected chi connectivity index (χ2v) is 3.55. The molecule has 17 heavy (non-hydrogen) atoms. The minimum absolute atomic E-state index is 0.173. The fourth-order valence-electron chi connectivity index (χ4n) is 1.28. The van der Waals surface area contributed by atoms with Crippen molar-refractivity contribution in [2.24, 2.45) is 0 Å². The summed E-state index contributed by atoms with van der Waals surface area (Å²) in [6.07, 6.45) is 1.49. The van der Waals surface area contributed by atoms with E-state index in [-0.39, 0.29) is 17.5 Å². The Morgan fingerprint density at radius 2 is 2.06 bits per heavy atom. The van der Waals surface area contributed by atoms with Gasteiger partial charge < -0.3 is 4.74 Å². The predicted octanol–water partition coefficient (Wildman–Crippen LogP) is 3.89. The van der Waals surface area contributed by atoms with Crippen molar-refractivity contribution in [1.29, 1.82) is 0 Å². The third kappa shape index (κ3) is 2.71. The Balaban J connectivity index is 2.34. The largest absolute Gasteiger partial charge is 0.436 e. The molecule has 0 aliphatic rings. The lowest BCUT2D eigenvalue weighted by atomic mass is 10.3. The second kappa shape index (κ2) is 5.10. The summed E-state index contributed by atoms with van der Waals surface area (Å²) in [5, 5.41) is 0. The summed E-state index contributed by atoms with van der Waals surface area (Å²) in [4.78, 5) is 3.92. The van der Waals surface area contributed by atoms with Gasteiger partial charge in [-0.3, -0.25) is 0 Å². The van der Waals surface area contributed by atoms with Gasteiger partial charge in [0.2, 0.25) is 5.88 Å². The van der Waals surface area contributed by atoms with Gasteiger partial charge in [-0.15, -0.1) is 11.6 Å². The standard InChI is InChI=1S/C12H8ClF2NO/c13-7-8-2-1-5-16-12(8)17-11-6-9(14)3-4-10(11)15/h1-6H,7H2. The van der Waals surface area contributed by atoms with E-state index in [2.05, 4.69) is 4.98 Å². The number of halogens is 3. The summed E-state index contributed by atoms with van der Waals surface area (Å²) >= 11 is 5.68. The third-order valence-corrected chi connectivity index (χ3v) is 2.38. The topological polar surface area (TPSA) is 22.1 Å².